The van der Waals surface area contributed by atoms with Crippen LogP contribution in [0.15, 0.2) is 0 Å². The average molecular weight is 297 g/mol. The Morgan fingerprint density at radius 3 is 1.28 bits per heavy atom. The van der Waals surface area contributed by atoms with E-state index >= 15 is 0 Å². The van der Waals surface area contributed by atoms with Gasteiger partial charge in [-0.05, 0) is 19.3 Å². The van der Waals surface area contributed by atoms with Gasteiger partial charge in [0.15, 0.2) is 0 Å². The summed E-state index contributed by atoms with van der Waals surface area (Å²) in [5.41, 5.74) is 0.351. The molecule has 0 saturated carbocycles. The average Bonchev–Trinajstić information content (AvgIpc) is 2.39. The summed E-state index contributed by atoms with van der Waals surface area (Å²) in [6.45, 7) is 8.49. The van der Waals surface area contributed by atoms with E-state index in [-0.39, 0.29) is 0 Å². The van der Waals surface area contributed by atoms with Gasteiger partial charge in [0, 0.05) is 19.8 Å². The molecule has 0 aromatic heterocycles. The Bertz CT molecular complexity index is 155. The molecule has 0 saturated heterocycles. The minimum absolute atomic E-state index is 0.351. The Labute approximate surface area is 119 Å². The third-order valence-electron chi connectivity index (χ3n) is 2.62. The molecule has 0 aromatic carbocycles. The predicted molar refractivity (Wildman–Crippen MR) is 79.1 cm³/mol. The molecule has 0 aliphatic rings. The van der Waals surface area contributed by atoms with Crippen molar-refractivity contribution in [1.82, 2.24) is 0 Å². The summed E-state index contributed by atoms with van der Waals surface area (Å²) in [5, 5.41) is 0. The number of halogens is 1. The van der Waals surface area contributed by atoms with E-state index in [1.54, 1.807) is 0 Å². The van der Waals surface area contributed by atoms with E-state index in [9.17, 15) is 0 Å². The lowest BCUT2D eigenvalue weighted by Crippen LogP contribution is -2.49. The Balaban J connectivity index is 4.20. The smallest absolute Gasteiger partial charge is 0.373 e. The highest BCUT2D eigenvalue weighted by molar-refractivity contribution is 6.69. The van der Waals surface area contributed by atoms with Crippen molar-refractivity contribution < 1.29 is 13.3 Å². The van der Waals surface area contributed by atoms with Crippen LogP contribution in [-0.4, -0.2) is 34.1 Å². The van der Waals surface area contributed by atoms with Crippen molar-refractivity contribution in [2.24, 2.45) is 0 Å². The molecular formula is C13H29ClO3Si. The number of unbranched alkanes of at least 4 members (excludes halogenated alkanes) is 3. The third kappa shape index (κ3) is 8.48. The van der Waals surface area contributed by atoms with Gasteiger partial charge in [-0.1, -0.05) is 40.0 Å². The summed E-state index contributed by atoms with van der Waals surface area (Å²) in [6, 6.07) is 0. The minimum atomic E-state index is -2.62. The first kappa shape index (κ1) is 18.4. The predicted octanol–water partition coefficient (Wildman–Crippen LogP) is 4.15. The number of rotatable bonds is 13. The van der Waals surface area contributed by atoms with Gasteiger partial charge in [-0.15, -0.1) is 11.6 Å². The number of alkyl halides is 1. The first-order chi connectivity index (χ1) is 8.74. The van der Waals surface area contributed by atoms with E-state index in [4.69, 9.17) is 24.9 Å². The maximum Gasteiger partial charge on any atom is 0.516 e. The maximum atomic E-state index is 6.05. The molecule has 0 bridgehead atoms. The number of hydrogen-bond acceptors (Lipinski definition) is 3. The molecule has 0 amide bonds. The highest BCUT2D eigenvalue weighted by Crippen LogP contribution is 2.15. The fraction of sp³-hybridized carbons (Fsp3) is 1.00. The summed E-state index contributed by atoms with van der Waals surface area (Å²) in [5.74, 6) is 0. The molecule has 0 heterocycles. The van der Waals surface area contributed by atoms with Crippen molar-refractivity contribution in [2.45, 2.75) is 59.3 Å². The van der Waals surface area contributed by atoms with Gasteiger partial charge in [-0.3, -0.25) is 0 Å². The summed E-state index contributed by atoms with van der Waals surface area (Å²) in [4.78, 5) is 0. The highest BCUT2D eigenvalue weighted by Gasteiger charge is 2.40. The molecule has 0 N–H and O–H groups in total. The maximum absolute atomic E-state index is 6.05. The van der Waals surface area contributed by atoms with E-state index in [1.807, 2.05) is 0 Å². The molecule has 0 spiro atoms. The van der Waals surface area contributed by atoms with Gasteiger partial charge in [-0.25, -0.2) is 0 Å². The first-order valence-electron chi connectivity index (χ1n) is 7.22. The summed E-state index contributed by atoms with van der Waals surface area (Å²) < 4.78 is 17.6. The quantitative estimate of drug-likeness (QED) is 0.290. The van der Waals surface area contributed by atoms with E-state index in [1.165, 1.54) is 0 Å². The van der Waals surface area contributed by atoms with Crippen molar-refractivity contribution in [2.75, 3.05) is 25.3 Å². The van der Waals surface area contributed by atoms with Gasteiger partial charge < -0.3 is 13.3 Å². The van der Waals surface area contributed by atoms with Gasteiger partial charge in [-0.2, -0.15) is 0 Å². The van der Waals surface area contributed by atoms with Gasteiger partial charge in [0.1, 0.15) is 0 Å². The molecule has 0 fully saturated rings. The van der Waals surface area contributed by atoms with Crippen LogP contribution in [0.3, 0.4) is 0 Å². The molecule has 0 unspecified atom stereocenters. The Morgan fingerprint density at radius 1 is 0.722 bits per heavy atom. The molecular weight excluding hydrogens is 268 g/mol. The van der Waals surface area contributed by atoms with Crippen LogP contribution < -0.4 is 0 Å². The Hall–Kier alpha value is 0.387. The lowest BCUT2D eigenvalue weighted by molar-refractivity contribution is 0.0615. The topological polar surface area (TPSA) is 27.7 Å². The van der Waals surface area contributed by atoms with E-state index in [2.05, 4.69) is 20.8 Å². The molecule has 5 heteroatoms. The van der Waals surface area contributed by atoms with Crippen LogP contribution in [0.5, 0.6) is 0 Å². The summed E-state index contributed by atoms with van der Waals surface area (Å²) in [6.07, 6.45) is 6.41. The van der Waals surface area contributed by atoms with Gasteiger partial charge >= 0.3 is 8.80 Å². The largest absolute Gasteiger partial charge is 0.516 e. The zero-order valence-electron chi connectivity index (χ0n) is 12.2. The van der Waals surface area contributed by atoms with Crippen molar-refractivity contribution in [3.63, 3.8) is 0 Å². The molecule has 0 rings (SSSR count). The van der Waals surface area contributed by atoms with Crippen molar-refractivity contribution >= 4 is 20.4 Å². The van der Waals surface area contributed by atoms with Gasteiger partial charge in [0.05, 0.1) is 5.50 Å². The SMILES string of the molecule is CCCCO[Si](CCl)(OCCCC)OCCCC. The fourth-order valence-corrected chi connectivity index (χ4v) is 3.90. The van der Waals surface area contributed by atoms with Crippen LogP contribution in [0.1, 0.15) is 59.3 Å². The van der Waals surface area contributed by atoms with E-state index in [0.717, 1.165) is 38.5 Å². The van der Waals surface area contributed by atoms with Crippen molar-refractivity contribution in [1.29, 1.82) is 0 Å². The molecule has 0 aliphatic carbocycles. The Morgan fingerprint density at radius 2 is 1.06 bits per heavy atom. The monoisotopic (exact) mass is 296 g/mol. The second-order valence-electron chi connectivity index (χ2n) is 4.42. The first-order valence-corrected chi connectivity index (χ1v) is 9.69. The second-order valence-corrected chi connectivity index (χ2v) is 7.72. The fourth-order valence-electron chi connectivity index (χ4n) is 1.36. The lowest BCUT2D eigenvalue weighted by Gasteiger charge is -2.28. The molecule has 3 nitrogen and oxygen atoms in total. The van der Waals surface area contributed by atoms with Gasteiger partial charge in [0.2, 0.25) is 0 Å². The zero-order valence-corrected chi connectivity index (χ0v) is 13.9. The van der Waals surface area contributed by atoms with Crippen LogP contribution in [0.25, 0.3) is 0 Å². The molecule has 0 radical (unpaired) electrons. The van der Waals surface area contributed by atoms with E-state index < -0.39 is 8.80 Å². The van der Waals surface area contributed by atoms with Crippen LogP contribution in [0, 0.1) is 0 Å². The Kier molecular flexibility index (Phi) is 12.7. The summed E-state index contributed by atoms with van der Waals surface area (Å²) in [7, 11) is -2.62. The van der Waals surface area contributed by atoms with Crippen LogP contribution >= 0.6 is 11.6 Å². The van der Waals surface area contributed by atoms with Crippen LogP contribution in [0.4, 0.5) is 0 Å². The van der Waals surface area contributed by atoms with E-state index in [0.29, 0.717) is 25.3 Å². The molecule has 0 aromatic rings. The lowest BCUT2D eigenvalue weighted by atomic mass is 10.4. The minimum Gasteiger partial charge on any atom is -0.373 e. The molecule has 110 valence electrons. The zero-order chi connectivity index (χ0) is 13.7. The van der Waals surface area contributed by atoms with Gasteiger partial charge in [0.25, 0.3) is 0 Å². The second kappa shape index (κ2) is 12.4. The normalized spacial score (nSPS) is 12.0. The molecule has 18 heavy (non-hydrogen) atoms. The van der Waals surface area contributed by atoms with Crippen LogP contribution in [-0.2, 0) is 13.3 Å². The number of hydrogen-bond donors (Lipinski definition) is 0. The van der Waals surface area contributed by atoms with Crippen molar-refractivity contribution in [3.05, 3.63) is 0 Å². The van der Waals surface area contributed by atoms with Crippen LogP contribution in [0.2, 0.25) is 0 Å². The highest BCUT2D eigenvalue weighted by atomic mass is 35.5. The summed E-state index contributed by atoms with van der Waals surface area (Å²) >= 11 is 6.05. The molecule has 0 aliphatic heterocycles. The standard InChI is InChI=1S/C13H29ClO3Si/c1-4-7-10-15-18(13-14,16-11-8-5-2)17-12-9-6-3/h4-13H2,1-3H3. The van der Waals surface area contributed by atoms with Crippen molar-refractivity contribution in [3.8, 4) is 0 Å². The third-order valence-corrected chi connectivity index (χ3v) is 5.86. The molecule has 0 atom stereocenters.